The third-order valence-corrected chi connectivity index (χ3v) is 8.32. The van der Waals surface area contributed by atoms with E-state index in [-0.39, 0.29) is 38.8 Å². The number of epoxide rings is 1. The SMILES string of the molecule is C[N+]1(C)C2CC(OC(=O)C(O)(c3cccs3)c3cccs3)CC1C1OC12.[Y]. The van der Waals surface area contributed by atoms with Crippen LogP contribution in [-0.4, -0.2) is 60.0 Å². The second kappa shape index (κ2) is 6.97. The molecular weight excluding hydrogens is 459 g/mol. The van der Waals surface area contributed by atoms with Gasteiger partial charge in [0.25, 0.3) is 0 Å². The predicted octanol–water partition coefficient (Wildman–Crippen LogP) is 2.34. The molecule has 8 heteroatoms. The molecule has 3 fully saturated rings. The maximum Gasteiger partial charge on any atom is 0.349 e. The Balaban J connectivity index is 0.00000180. The van der Waals surface area contributed by atoms with E-state index in [9.17, 15) is 9.90 Å². The van der Waals surface area contributed by atoms with Crippen molar-refractivity contribution >= 4 is 28.6 Å². The molecule has 27 heavy (non-hydrogen) atoms. The van der Waals surface area contributed by atoms with E-state index in [0.29, 0.717) is 34.0 Å². The van der Waals surface area contributed by atoms with E-state index in [2.05, 4.69) is 14.1 Å². The van der Waals surface area contributed by atoms with E-state index in [4.69, 9.17) is 9.47 Å². The maximum atomic E-state index is 13.1. The Kier molecular flexibility index (Phi) is 5.20. The van der Waals surface area contributed by atoms with Crippen LogP contribution in [0.1, 0.15) is 22.6 Å². The van der Waals surface area contributed by atoms with E-state index in [0.717, 1.165) is 17.3 Å². The number of aliphatic hydroxyl groups is 1. The van der Waals surface area contributed by atoms with Gasteiger partial charge < -0.3 is 19.1 Å². The van der Waals surface area contributed by atoms with Crippen molar-refractivity contribution in [3.05, 3.63) is 44.8 Å². The summed E-state index contributed by atoms with van der Waals surface area (Å²) in [4.78, 5) is 14.3. The van der Waals surface area contributed by atoms with Crippen LogP contribution in [0.4, 0.5) is 0 Å². The molecular formula is C19H22NO4S2Y+. The summed E-state index contributed by atoms with van der Waals surface area (Å²) in [6.45, 7) is 0. The normalized spacial score (nSPS) is 33.1. The molecule has 0 aliphatic carbocycles. The Morgan fingerprint density at radius 1 is 1.15 bits per heavy atom. The number of hydrogen-bond acceptors (Lipinski definition) is 6. The van der Waals surface area contributed by atoms with Crippen LogP contribution < -0.4 is 0 Å². The van der Waals surface area contributed by atoms with Crippen LogP contribution in [0.5, 0.6) is 0 Å². The van der Waals surface area contributed by atoms with Gasteiger partial charge in [0, 0.05) is 45.6 Å². The number of ether oxygens (including phenoxy) is 2. The van der Waals surface area contributed by atoms with Gasteiger partial charge in [0.2, 0.25) is 5.60 Å². The number of carbonyl (C=O) groups excluding carboxylic acids is 1. The van der Waals surface area contributed by atoms with Crippen molar-refractivity contribution in [2.45, 2.75) is 48.8 Å². The number of quaternary nitrogens is 1. The minimum Gasteiger partial charge on any atom is -0.459 e. The number of rotatable bonds is 4. The molecule has 0 amide bonds. The molecule has 4 unspecified atom stereocenters. The number of carbonyl (C=O) groups is 1. The smallest absolute Gasteiger partial charge is 0.349 e. The van der Waals surface area contributed by atoms with Crippen molar-refractivity contribution in [1.29, 1.82) is 0 Å². The number of thiophene rings is 2. The summed E-state index contributed by atoms with van der Waals surface area (Å²) in [6, 6.07) is 8.01. The Bertz CT molecular complexity index is 769. The number of piperidine rings is 1. The van der Waals surface area contributed by atoms with E-state index in [1.165, 1.54) is 22.7 Å². The predicted molar refractivity (Wildman–Crippen MR) is 99.1 cm³/mol. The minimum absolute atomic E-state index is 0. The van der Waals surface area contributed by atoms with Crippen LogP contribution >= 0.6 is 22.7 Å². The summed E-state index contributed by atoms with van der Waals surface area (Å²) in [6.07, 6.45) is 2.05. The Morgan fingerprint density at radius 2 is 1.67 bits per heavy atom. The molecule has 0 spiro atoms. The Hall–Kier alpha value is -0.146. The van der Waals surface area contributed by atoms with Crippen LogP contribution in [0.15, 0.2) is 35.0 Å². The summed E-state index contributed by atoms with van der Waals surface area (Å²) in [7, 11) is 4.49. The van der Waals surface area contributed by atoms with Crippen molar-refractivity contribution in [3.8, 4) is 0 Å². The van der Waals surface area contributed by atoms with Gasteiger partial charge in [-0.2, -0.15) is 0 Å². The fraction of sp³-hybridized carbons (Fsp3) is 0.526. The minimum atomic E-state index is -1.72. The molecule has 5 rings (SSSR count). The Labute approximate surface area is 191 Å². The molecule has 1 N–H and O–H groups in total. The molecule has 1 radical (unpaired) electrons. The van der Waals surface area contributed by atoms with Gasteiger partial charge in [-0.25, -0.2) is 4.79 Å². The van der Waals surface area contributed by atoms with E-state index >= 15 is 0 Å². The molecule has 3 saturated heterocycles. The number of morpholine rings is 1. The van der Waals surface area contributed by atoms with E-state index in [1.807, 2.05) is 22.9 Å². The van der Waals surface area contributed by atoms with Crippen LogP contribution in [0.25, 0.3) is 0 Å². The van der Waals surface area contributed by atoms with Crippen molar-refractivity contribution < 1.29 is 56.6 Å². The van der Waals surface area contributed by atoms with Crippen LogP contribution in [0, 0.1) is 0 Å². The molecule has 2 aromatic heterocycles. The van der Waals surface area contributed by atoms with Crippen LogP contribution in [0.2, 0.25) is 0 Å². The fourth-order valence-electron chi connectivity index (χ4n) is 4.83. The molecule has 5 nitrogen and oxygen atoms in total. The van der Waals surface area contributed by atoms with Gasteiger partial charge in [-0.15, -0.1) is 22.7 Å². The third kappa shape index (κ3) is 3.01. The van der Waals surface area contributed by atoms with Gasteiger partial charge in [0.1, 0.15) is 30.4 Å². The first kappa shape index (κ1) is 20.1. The number of fused-ring (bicyclic) bond motifs is 5. The largest absolute Gasteiger partial charge is 0.459 e. The zero-order chi connectivity index (χ0) is 18.1. The van der Waals surface area contributed by atoms with Crippen LogP contribution in [0.3, 0.4) is 0 Å². The molecule has 0 aromatic carbocycles. The molecule has 3 aliphatic heterocycles. The van der Waals surface area contributed by atoms with Gasteiger partial charge in [-0.3, -0.25) is 0 Å². The van der Waals surface area contributed by atoms with E-state index < -0.39 is 11.6 Å². The van der Waals surface area contributed by atoms with Gasteiger partial charge >= 0.3 is 5.97 Å². The second-order valence-electron chi connectivity index (χ2n) is 7.99. The fourth-order valence-corrected chi connectivity index (χ4v) is 6.54. The maximum absolute atomic E-state index is 13.1. The monoisotopic (exact) mass is 481 g/mol. The van der Waals surface area contributed by atoms with Gasteiger partial charge in [0.15, 0.2) is 0 Å². The zero-order valence-electron chi connectivity index (χ0n) is 15.3. The topological polar surface area (TPSA) is 59.1 Å². The molecule has 0 saturated carbocycles. The first-order valence-electron chi connectivity index (χ1n) is 8.92. The Morgan fingerprint density at radius 3 is 2.11 bits per heavy atom. The summed E-state index contributed by atoms with van der Waals surface area (Å²) in [5.74, 6) is -0.561. The second-order valence-corrected chi connectivity index (χ2v) is 9.89. The summed E-state index contributed by atoms with van der Waals surface area (Å²) in [5, 5.41) is 15.1. The zero-order valence-corrected chi connectivity index (χ0v) is 19.7. The third-order valence-electron chi connectivity index (χ3n) is 6.36. The summed E-state index contributed by atoms with van der Waals surface area (Å²) < 4.78 is 12.6. The van der Waals surface area contributed by atoms with Crippen molar-refractivity contribution in [2.75, 3.05) is 14.1 Å². The van der Waals surface area contributed by atoms with Gasteiger partial charge in [0.05, 0.1) is 23.8 Å². The van der Waals surface area contributed by atoms with Crippen molar-refractivity contribution in [2.24, 2.45) is 0 Å². The van der Waals surface area contributed by atoms with E-state index in [1.54, 1.807) is 12.1 Å². The number of hydrogen-bond donors (Lipinski definition) is 1. The number of nitrogens with zero attached hydrogens (tertiary/aromatic N) is 1. The number of esters is 1. The molecule has 2 aromatic rings. The quantitative estimate of drug-likeness (QED) is 0.414. The molecule has 2 bridgehead atoms. The summed E-state index contributed by atoms with van der Waals surface area (Å²) >= 11 is 2.74. The number of likely N-dealkylation sites (N-methyl/N-ethyl adjacent to an activating group) is 1. The average Bonchev–Trinajstić information content (AvgIpc) is 2.98. The first-order valence-corrected chi connectivity index (χ1v) is 10.7. The van der Waals surface area contributed by atoms with Crippen molar-refractivity contribution in [1.82, 2.24) is 0 Å². The molecule has 4 atom stereocenters. The van der Waals surface area contributed by atoms with Crippen molar-refractivity contribution in [3.63, 3.8) is 0 Å². The molecule has 141 valence electrons. The molecule has 3 aliphatic rings. The standard InChI is InChI=1S/C19H22NO4S2.Y/c1-20(2)12-9-11(10-13(20)17-16(12)24-17)23-18(21)19(22,14-5-3-7-25-14)15-6-4-8-26-15;/h3-8,11-13,16-17,22H,9-10H2,1-2H3;/q+1;. The van der Waals surface area contributed by atoms with Crippen LogP contribution in [-0.2, 0) is 52.6 Å². The van der Waals surface area contributed by atoms with Gasteiger partial charge in [-0.05, 0) is 22.9 Å². The van der Waals surface area contributed by atoms with Gasteiger partial charge in [-0.1, -0.05) is 12.1 Å². The average molecular weight is 481 g/mol. The molecule has 5 heterocycles. The summed E-state index contributed by atoms with van der Waals surface area (Å²) in [5.41, 5.74) is -1.72. The first-order chi connectivity index (χ1) is 12.4.